The molecule has 140 valence electrons. The van der Waals surface area contributed by atoms with Crippen LogP contribution in [0.25, 0.3) is 10.7 Å². The number of thiazole rings is 1. The van der Waals surface area contributed by atoms with Gasteiger partial charge in [0.15, 0.2) is 5.13 Å². The highest BCUT2D eigenvalue weighted by Crippen LogP contribution is 2.39. The molecule has 1 N–H and O–H groups in total. The van der Waals surface area contributed by atoms with Crippen molar-refractivity contribution in [3.8, 4) is 10.7 Å². The van der Waals surface area contributed by atoms with E-state index in [1.807, 2.05) is 11.8 Å². The molecule has 4 heterocycles. The second kappa shape index (κ2) is 6.11. The molecule has 2 atom stereocenters. The molecule has 8 nitrogen and oxygen atoms in total. The number of anilines is 1. The fraction of sp³-hybridized carbons (Fsp3) is 0.571. The van der Waals surface area contributed by atoms with E-state index in [9.17, 15) is 18.0 Å². The average Bonchev–Trinajstić information content (AvgIpc) is 3.34. The van der Waals surface area contributed by atoms with Crippen molar-refractivity contribution in [2.45, 2.75) is 31.6 Å². The molecule has 2 aromatic rings. The second-order valence-electron chi connectivity index (χ2n) is 6.11. The molecule has 0 saturated carbocycles. The molecular formula is C14H15F3N6O2S. The SMILES string of the molecule is CCNC(=O)N1CC2CC1CN2c1ncc(-c2noc(C(F)(F)F)n2)s1. The van der Waals surface area contributed by atoms with E-state index < -0.39 is 12.1 Å². The maximum Gasteiger partial charge on any atom is 0.471 e. The van der Waals surface area contributed by atoms with Crippen molar-refractivity contribution < 1.29 is 22.5 Å². The number of carbonyl (C=O) groups is 1. The first-order chi connectivity index (χ1) is 12.4. The minimum absolute atomic E-state index is 0.0639. The van der Waals surface area contributed by atoms with Crippen molar-refractivity contribution in [3.05, 3.63) is 12.1 Å². The Bertz CT molecular complexity index is 822. The highest BCUT2D eigenvalue weighted by Gasteiger charge is 2.46. The van der Waals surface area contributed by atoms with Crippen LogP contribution < -0.4 is 10.2 Å². The van der Waals surface area contributed by atoms with Crippen LogP contribution in [0.15, 0.2) is 10.7 Å². The van der Waals surface area contributed by atoms with E-state index in [0.717, 1.165) is 6.42 Å². The van der Waals surface area contributed by atoms with Gasteiger partial charge in [-0.1, -0.05) is 16.5 Å². The van der Waals surface area contributed by atoms with Crippen molar-refractivity contribution in [1.82, 2.24) is 25.3 Å². The molecule has 26 heavy (non-hydrogen) atoms. The largest absolute Gasteiger partial charge is 0.471 e. The molecule has 2 unspecified atom stereocenters. The van der Waals surface area contributed by atoms with Crippen molar-refractivity contribution in [1.29, 1.82) is 0 Å². The van der Waals surface area contributed by atoms with Crippen LogP contribution in [0.4, 0.5) is 23.1 Å². The summed E-state index contributed by atoms with van der Waals surface area (Å²) in [6.07, 6.45) is -2.37. The number of amides is 2. The van der Waals surface area contributed by atoms with Gasteiger partial charge in [-0.25, -0.2) is 9.78 Å². The first-order valence-corrected chi connectivity index (χ1v) is 8.86. The normalized spacial score (nSPS) is 22.3. The van der Waals surface area contributed by atoms with E-state index in [0.29, 0.717) is 29.6 Å². The van der Waals surface area contributed by atoms with Crippen LogP contribution in [0.1, 0.15) is 19.2 Å². The maximum absolute atomic E-state index is 12.6. The van der Waals surface area contributed by atoms with Gasteiger partial charge in [-0.3, -0.25) is 0 Å². The van der Waals surface area contributed by atoms with Crippen molar-refractivity contribution in [2.24, 2.45) is 0 Å². The van der Waals surface area contributed by atoms with Gasteiger partial charge in [-0.05, 0) is 13.3 Å². The van der Waals surface area contributed by atoms with Crippen molar-refractivity contribution >= 4 is 22.5 Å². The Hall–Kier alpha value is -2.37. The summed E-state index contributed by atoms with van der Waals surface area (Å²) < 4.78 is 42.0. The lowest BCUT2D eigenvalue weighted by atomic mass is 10.2. The Morgan fingerprint density at radius 2 is 2.23 bits per heavy atom. The van der Waals surface area contributed by atoms with Crippen LogP contribution in [-0.2, 0) is 6.18 Å². The first kappa shape index (κ1) is 17.1. The van der Waals surface area contributed by atoms with E-state index in [1.54, 1.807) is 0 Å². The summed E-state index contributed by atoms with van der Waals surface area (Å²) in [6, 6.07) is 0.199. The minimum atomic E-state index is -4.67. The number of fused-ring (bicyclic) bond motifs is 2. The second-order valence-corrected chi connectivity index (χ2v) is 7.12. The third kappa shape index (κ3) is 2.87. The zero-order valence-corrected chi connectivity index (χ0v) is 14.5. The summed E-state index contributed by atoms with van der Waals surface area (Å²) in [7, 11) is 0. The molecule has 4 rings (SSSR count). The fourth-order valence-electron chi connectivity index (χ4n) is 3.34. The van der Waals surface area contributed by atoms with E-state index in [4.69, 9.17) is 0 Å². The molecule has 12 heteroatoms. The molecule has 0 radical (unpaired) electrons. The van der Waals surface area contributed by atoms with Crippen LogP contribution >= 0.6 is 11.3 Å². The number of nitrogens with one attached hydrogen (secondary N) is 1. The molecule has 2 bridgehead atoms. The summed E-state index contributed by atoms with van der Waals surface area (Å²) in [6.45, 7) is 3.70. The van der Waals surface area contributed by atoms with Crippen molar-refractivity contribution in [3.63, 3.8) is 0 Å². The molecule has 2 saturated heterocycles. The monoisotopic (exact) mass is 388 g/mol. The number of hydrogen-bond acceptors (Lipinski definition) is 7. The van der Waals surface area contributed by atoms with E-state index in [2.05, 4.69) is 29.9 Å². The van der Waals surface area contributed by atoms with Gasteiger partial charge in [0, 0.05) is 19.6 Å². The topological polar surface area (TPSA) is 87.4 Å². The Balaban J connectivity index is 1.47. The minimum Gasteiger partial charge on any atom is -0.341 e. The Labute approximate surface area is 150 Å². The number of likely N-dealkylation sites (tertiary alicyclic amines) is 1. The number of halogens is 3. The van der Waals surface area contributed by atoms with Gasteiger partial charge in [0.1, 0.15) is 0 Å². The van der Waals surface area contributed by atoms with Gasteiger partial charge in [-0.2, -0.15) is 18.2 Å². The summed E-state index contributed by atoms with van der Waals surface area (Å²) in [4.78, 5) is 24.0. The molecule has 2 aromatic heterocycles. The predicted octanol–water partition coefficient (Wildman–Crippen LogP) is 2.20. The van der Waals surface area contributed by atoms with Crippen LogP contribution in [0.3, 0.4) is 0 Å². The summed E-state index contributed by atoms with van der Waals surface area (Å²) in [5, 5.41) is 6.87. The molecule has 0 aromatic carbocycles. The summed E-state index contributed by atoms with van der Waals surface area (Å²) in [5.74, 6) is -1.50. The standard InChI is InChI=1S/C14H15F3N6O2S/c1-2-18-12(24)22-5-8-3-7(22)6-23(8)13-19-4-9(26-13)10-20-11(25-21-10)14(15,16)17/h4,7-8H,2-3,5-6H2,1H3,(H,18,24). The smallest absolute Gasteiger partial charge is 0.341 e. The summed E-state index contributed by atoms with van der Waals surface area (Å²) >= 11 is 1.21. The Kier molecular flexibility index (Phi) is 4.01. The number of urea groups is 1. The number of hydrogen-bond donors (Lipinski definition) is 1. The number of nitrogens with zero attached hydrogens (tertiary/aromatic N) is 5. The lowest BCUT2D eigenvalue weighted by molar-refractivity contribution is -0.159. The molecular weight excluding hydrogens is 373 g/mol. The zero-order valence-electron chi connectivity index (χ0n) is 13.7. The van der Waals surface area contributed by atoms with Crippen molar-refractivity contribution in [2.75, 3.05) is 24.5 Å². The molecule has 2 amide bonds. The highest BCUT2D eigenvalue weighted by molar-refractivity contribution is 7.18. The maximum atomic E-state index is 12.6. The zero-order chi connectivity index (χ0) is 18.5. The van der Waals surface area contributed by atoms with E-state index in [1.165, 1.54) is 17.5 Å². The van der Waals surface area contributed by atoms with Gasteiger partial charge in [-0.15, -0.1) is 0 Å². The predicted molar refractivity (Wildman–Crippen MR) is 85.7 cm³/mol. The van der Waals surface area contributed by atoms with E-state index >= 15 is 0 Å². The molecule has 2 aliphatic rings. The Morgan fingerprint density at radius 1 is 1.42 bits per heavy atom. The average molecular weight is 388 g/mol. The van der Waals surface area contributed by atoms with Gasteiger partial charge < -0.3 is 19.6 Å². The molecule has 0 aliphatic carbocycles. The van der Waals surface area contributed by atoms with Crippen LogP contribution in [0.5, 0.6) is 0 Å². The lowest BCUT2D eigenvalue weighted by Crippen LogP contribution is -2.51. The third-order valence-electron chi connectivity index (χ3n) is 4.46. The summed E-state index contributed by atoms with van der Waals surface area (Å²) in [5.41, 5.74) is 0. The van der Waals surface area contributed by atoms with E-state index in [-0.39, 0.29) is 23.9 Å². The highest BCUT2D eigenvalue weighted by atomic mass is 32.1. The number of aromatic nitrogens is 3. The number of carbonyl (C=O) groups excluding carboxylic acids is 1. The molecule has 2 aliphatic heterocycles. The van der Waals surface area contributed by atoms with Gasteiger partial charge in [0.2, 0.25) is 5.82 Å². The first-order valence-electron chi connectivity index (χ1n) is 8.05. The number of alkyl halides is 3. The van der Waals surface area contributed by atoms with Crippen LogP contribution in [0.2, 0.25) is 0 Å². The Morgan fingerprint density at radius 3 is 2.85 bits per heavy atom. The number of rotatable bonds is 3. The quantitative estimate of drug-likeness (QED) is 0.868. The molecule has 2 fully saturated rings. The third-order valence-corrected chi connectivity index (χ3v) is 5.49. The van der Waals surface area contributed by atoms with Crippen LogP contribution in [-0.4, -0.2) is 57.8 Å². The molecule has 0 spiro atoms. The lowest BCUT2D eigenvalue weighted by Gasteiger charge is -2.33. The van der Waals surface area contributed by atoms with Crippen LogP contribution in [0, 0.1) is 0 Å². The number of piperazine rings is 1. The van der Waals surface area contributed by atoms with Gasteiger partial charge in [0.25, 0.3) is 0 Å². The fourth-order valence-corrected chi connectivity index (χ4v) is 4.27. The van der Waals surface area contributed by atoms with Gasteiger partial charge >= 0.3 is 18.1 Å². The van der Waals surface area contributed by atoms with Gasteiger partial charge in [0.05, 0.1) is 23.2 Å².